The Balaban J connectivity index is 2.38. The standard InChI is InChI=1S/C9H17Br/c1-7(2)6-9(4-5-9)8(3)10/h7-8H,4-6H2,1-3H3. The van der Waals surface area contributed by atoms with Crippen molar-refractivity contribution in [3.8, 4) is 0 Å². The fourth-order valence-corrected chi connectivity index (χ4v) is 2.38. The minimum Gasteiger partial charge on any atom is -0.0888 e. The lowest BCUT2D eigenvalue weighted by Gasteiger charge is -2.19. The Kier molecular flexibility index (Phi) is 2.44. The van der Waals surface area contributed by atoms with E-state index in [1.54, 1.807) is 0 Å². The van der Waals surface area contributed by atoms with E-state index in [-0.39, 0.29) is 0 Å². The molecule has 0 heterocycles. The summed E-state index contributed by atoms with van der Waals surface area (Å²) >= 11 is 3.69. The van der Waals surface area contributed by atoms with Gasteiger partial charge in [0.2, 0.25) is 0 Å². The first-order chi connectivity index (χ1) is 4.57. The quantitative estimate of drug-likeness (QED) is 0.617. The van der Waals surface area contributed by atoms with Gasteiger partial charge in [0.25, 0.3) is 0 Å². The molecular weight excluding hydrogens is 188 g/mol. The molecule has 1 fully saturated rings. The van der Waals surface area contributed by atoms with E-state index in [2.05, 4.69) is 36.7 Å². The fourth-order valence-electron chi connectivity index (χ4n) is 1.74. The molecule has 0 spiro atoms. The molecule has 0 aromatic carbocycles. The summed E-state index contributed by atoms with van der Waals surface area (Å²) in [5, 5.41) is 0. The Hall–Kier alpha value is 0.480. The molecule has 1 aliphatic rings. The molecule has 0 amide bonds. The van der Waals surface area contributed by atoms with Crippen LogP contribution in [0.15, 0.2) is 0 Å². The first-order valence-electron chi connectivity index (χ1n) is 4.21. The van der Waals surface area contributed by atoms with Crippen LogP contribution in [0.4, 0.5) is 0 Å². The van der Waals surface area contributed by atoms with Crippen molar-refractivity contribution in [2.24, 2.45) is 11.3 Å². The molecular formula is C9H17Br. The molecule has 0 nitrogen and oxygen atoms in total. The van der Waals surface area contributed by atoms with Gasteiger partial charge in [-0.3, -0.25) is 0 Å². The van der Waals surface area contributed by atoms with E-state index in [4.69, 9.17) is 0 Å². The SMILES string of the molecule is CC(C)CC1(C(C)Br)CC1. The van der Waals surface area contributed by atoms with Crippen molar-refractivity contribution in [2.45, 2.75) is 44.9 Å². The van der Waals surface area contributed by atoms with Crippen molar-refractivity contribution >= 4 is 15.9 Å². The van der Waals surface area contributed by atoms with E-state index in [1.165, 1.54) is 19.3 Å². The summed E-state index contributed by atoms with van der Waals surface area (Å²) in [5.41, 5.74) is 0.689. The minimum atomic E-state index is 0.689. The molecule has 0 radical (unpaired) electrons. The lowest BCUT2D eigenvalue weighted by Crippen LogP contribution is -2.14. The third-order valence-corrected chi connectivity index (χ3v) is 3.52. The zero-order chi connectivity index (χ0) is 7.78. The second kappa shape index (κ2) is 2.84. The first-order valence-corrected chi connectivity index (χ1v) is 5.12. The normalized spacial score (nSPS) is 24.9. The Bertz CT molecular complexity index is 112. The van der Waals surface area contributed by atoms with Gasteiger partial charge in [0.05, 0.1) is 0 Å². The van der Waals surface area contributed by atoms with Gasteiger partial charge in [0.15, 0.2) is 0 Å². The molecule has 0 aliphatic heterocycles. The smallest absolute Gasteiger partial charge is 0.0174 e. The Morgan fingerprint density at radius 1 is 1.30 bits per heavy atom. The molecule has 1 atom stereocenters. The summed E-state index contributed by atoms with van der Waals surface area (Å²) in [6.07, 6.45) is 4.29. The van der Waals surface area contributed by atoms with Gasteiger partial charge in [-0.25, -0.2) is 0 Å². The van der Waals surface area contributed by atoms with Crippen LogP contribution in [0.3, 0.4) is 0 Å². The average Bonchev–Trinajstić information content (AvgIpc) is 2.46. The highest BCUT2D eigenvalue weighted by Gasteiger charge is 2.46. The molecule has 0 aromatic heterocycles. The van der Waals surface area contributed by atoms with Gasteiger partial charge in [-0.15, -0.1) is 0 Å². The van der Waals surface area contributed by atoms with Gasteiger partial charge in [-0.2, -0.15) is 0 Å². The zero-order valence-corrected chi connectivity index (χ0v) is 8.74. The van der Waals surface area contributed by atoms with Gasteiger partial charge in [-0.1, -0.05) is 36.7 Å². The third kappa shape index (κ3) is 1.75. The van der Waals surface area contributed by atoms with Crippen molar-refractivity contribution in [3.63, 3.8) is 0 Å². The van der Waals surface area contributed by atoms with E-state index in [0.717, 1.165) is 10.7 Å². The maximum atomic E-state index is 3.69. The first kappa shape index (κ1) is 8.58. The monoisotopic (exact) mass is 204 g/mol. The number of halogens is 1. The third-order valence-electron chi connectivity index (χ3n) is 2.55. The molecule has 1 aliphatic carbocycles. The van der Waals surface area contributed by atoms with Crippen molar-refractivity contribution < 1.29 is 0 Å². The van der Waals surface area contributed by atoms with Gasteiger partial charge in [0, 0.05) is 4.83 Å². The van der Waals surface area contributed by atoms with Crippen molar-refractivity contribution in [1.29, 1.82) is 0 Å². The van der Waals surface area contributed by atoms with Gasteiger partial charge in [-0.05, 0) is 30.6 Å². The van der Waals surface area contributed by atoms with Crippen LogP contribution < -0.4 is 0 Å². The predicted octanol–water partition coefficient (Wildman–Crippen LogP) is 3.60. The van der Waals surface area contributed by atoms with Crippen LogP contribution in [-0.4, -0.2) is 4.83 Å². The molecule has 0 saturated heterocycles. The zero-order valence-electron chi connectivity index (χ0n) is 7.15. The highest BCUT2D eigenvalue weighted by atomic mass is 79.9. The molecule has 1 heteroatoms. The van der Waals surface area contributed by atoms with Crippen LogP contribution in [0.25, 0.3) is 0 Å². The van der Waals surface area contributed by atoms with Gasteiger partial charge >= 0.3 is 0 Å². The van der Waals surface area contributed by atoms with E-state index in [9.17, 15) is 0 Å². The maximum absolute atomic E-state index is 3.69. The fraction of sp³-hybridized carbons (Fsp3) is 1.00. The number of hydrogen-bond donors (Lipinski definition) is 0. The highest BCUT2D eigenvalue weighted by molar-refractivity contribution is 9.09. The summed E-state index contributed by atoms with van der Waals surface area (Å²) < 4.78 is 0. The predicted molar refractivity (Wildman–Crippen MR) is 49.5 cm³/mol. The molecule has 10 heavy (non-hydrogen) atoms. The minimum absolute atomic E-state index is 0.689. The Labute approximate surface area is 72.5 Å². The van der Waals surface area contributed by atoms with Crippen LogP contribution in [-0.2, 0) is 0 Å². The maximum Gasteiger partial charge on any atom is 0.0174 e. The number of hydrogen-bond acceptors (Lipinski definition) is 0. The van der Waals surface area contributed by atoms with Crippen LogP contribution in [0.5, 0.6) is 0 Å². The van der Waals surface area contributed by atoms with E-state index in [1.807, 2.05) is 0 Å². The summed E-state index contributed by atoms with van der Waals surface area (Å²) in [6.45, 7) is 6.92. The molecule has 1 rings (SSSR count). The van der Waals surface area contributed by atoms with Crippen molar-refractivity contribution in [1.82, 2.24) is 0 Å². The summed E-state index contributed by atoms with van der Waals surface area (Å²) in [5.74, 6) is 0.863. The van der Waals surface area contributed by atoms with Crippen LogP contribution in [0, 0.1) is 11.3 Å². The average molecular weight is 205 g/mol. The van der Waals surface area contributed by atoms with Crippen molar-refractivity contribution in [2.75, 3.05) is 0 Å². The lowest BCUT2D eigenvalue weighted by molar-refractivity contribution is 0.390. The van der Waals surface area contributed by atoms with Crippen LogP contribution >= 0.6 is 15.9 Å². The van der Waals surface area contributed by atoms with Crippen molar-refractivity contribution in [3.05, 3.63) is 0 Å². The Morgan fingerprint density at radius 2 is 1.80 bits per heavy atom. The summed E-state index contributed by atoms with van der Waals surface area (Å²) in [7, 11) is 0. The second-order valence-corrected chi connectivity index (χ2v) is 5.45. The van der Waals surface area contributed by atoms with Crippen LogP contribution in [0.1, 0.15) is 40.0 Å². The summed E-state index contributed by atoms with van der Waals surface area (Å²) in [4.78, 5) is 0.724. The summed E-state index contributed by atoms with van der Waals surface area (Å²) in [6, 6.07) is 0. The number of alkyl halides is 1. The highest BCUT2D eigenvalue weighted by Crippen LogP contribution is 2.55. The van der Waals surface area contributed by atoms with Crippen LogP contribution in [0.2, 0.25) is 0 Å². The molecule has 1 saturated carbocycles. The number of rotatable bonds is 3. The second-order valence-electron chi connectivity index (χ2n) is 4.08. The Morgan fingerprint density at radius 3 is 1.90 bits per heavy atom. The molecule has 1 unspecified atom stereocenters. The van der Waals surface area contributed by atoms with E-state index < -0.39 is 0 Å². The van der Waals surface area contributed by atoms with E-state index in [0.29, 0.717) is 5.41 Å². The molecule has 0 aromatic rings. The van der Waals surface area contributed by atoms with Gasteiger partial charge in [0.1, 0.15) is 0 Å². The molecule has 0 N–H and O–H groups in total. The molecule has 60 valence electrons. The topological polar surface area (TPSA) is 0 Å². The molecule has 0 bridgehead atoms. The largest absolute Gasteiger partial charge is 0.0888 e. The van der Waals surface area contributed by atoms with E-state index >= 15 is 0 Å². The lowest BCUT2D eigenvalue weighted by atomic mass is 9.92. The van der Waals surface area contributed by atoms with Gasteiger partial charge < -0.3 is 0 Å².